The molecule has 2 aromatic carbocycles. The van der Waals surface area contributed by atoms with Crippen molar-refractivity contribution in [1.29, 1.82) is 0 Å². The molecule has 3 aromatic rings. The summed E-state index contributed by atoms with van der Waals surface area (Å²) in [6.45, 7) is 11.9. The summed E-state index contributed by atoms with van der Waals surface area (Å²) in [5.74, 6) is 0.217. The molecule has 222 valence electrons. The molecule has 0 spiro atoms. The summed E-state index contributed by atoms with van der Waals surface area (Å²) in [6.07, 6.45) is 3.35. The van der Waals surface area contributed by atoms with Crippen LogP contribution in [0.2, 0.25) is 0 Å². The Labute approximate surface area is 248 Å². The van der Waals surface area contributed by atoms with Gasteiger partial charge in [-0.25, -0.2) is 9.97 Å². The zero-order valence-corrected chi connectivity index (χ0v) is 25.1. The van der Waals surface area contributed by atoms with Crippen LogP contribution in [0.3, 0.4) is 0 Å². The van der Waals surface area contributed by atoms with E-state index in [-0.39, 0.29) is 23.1 Å². The van der Waals surface area contributed by atoms with Gasteiger partial charge in [-0.2, -0.15) is 0 Å². The lowest BCUT2D eigenvalue weighted by atomic mass is 9.86. The molecule has 3 heterocycles. The number of nitrogens with zero attached hydrogens (tertiary/aromatic N) is 5. The van der Waals surface area contributed by atoms with Crippen molar-refractivity contribution in [2.24, 2.45) is 5.73 Å². The van der Waals surface area contributed by atoms with Crippen molar-refractivity contribution >= 4 is 34.8 Å². The number of anilines is 4. The molecule has 2 fully saturated rings. The molecule has 0 aliphatic carbocycles. The first-order chi connectivity index (χ1) is 20.1. The van der Waals surface area contributed by atoms with Crippen molar-refractivity contribution in [1.82, 2.24) is 20.2 Å². The number of aromatic nitrogens is 2. The van der Waals surface area contributed by atoms with E-state index in [9.17, 15) is 9.59 Å². The average molecular weight is 571 g/mol. The van der Waals surface area contributed by atoms with E-state index < -0.39 is 5.91 Å². The number of piperazine rings is 1. The minimum Gasteiger partial charge on any atom is -0.369 e. The van der Waals surface area contributed by atoms with Crippen molar-refractivity contribution in [3.05, 3.63) is 71.5 Å². The van der Waals surface area contributed by atoms with E-state index >= 15 is 0 Å². The molecule has 0 unspecified atom stereocenters. The third-order valence-electron chi connectivity index (χ3n) is 8.09. The summed E-state index contributed by atoms with van der Waals surface area (Å²) in [5.41, 5.74) is 9.56. The number of nitrogens with two attached hydrogens (primary N) is 1. The maximum atomic E-state index is 13.0. The second-order valence-electron chi connectivity index (χ2n) is 12.3. The van der Waals surface area contributed by atoms with Gasteiger partial charge in [-0.15, -0.1) is 0 Å². The van der Waals surface area contributed by atoms with Gasteiger partial charge in [0.2, 0.25) is 0 Å². The number of likely N-dealkylation sites (N-methyl/N-ethyl adjacent to an activating group) is 1. The molecular weight excluding hydrogens is 528 g/mol. The number of hydrogen-bond donors (Lipinski definition) is 3. The predicted molar refractivity (Wildman–Crippen MR) is 168 cm³/mol. The number of nitrogens with one attached hydrogen (secondary N) is 2. The maximum Gasteiger partial charge on any atom is 0.271 e. The Kier molecular flexibility index (Phi) is 8.63. The van der Waals surface area contributed by atoms with Crippen molar-refractivity contribution in [2.75, 3.05) is 61.4 Å². The van der Waals surface area contributed by atoms with Crippen molar-refractivity contribution < 1.29 is 9.59 Å². The molecule has 10 nitrogen and oxygen atoms in total. The third kappa shape index (κ3) is 6.99. The topological polar surface area (TPSA) is 120 Å². The Morgan fingerprint density at radius 3 is 2.26 bits per heavy atom. The van der Waals surface area contributed by atoms with Gasteiger partial charge >= 0.3 is 0 Å². The number of benzene rings is 2. The molecular formula is C32H42N8O2. The van der Waals surface area contributed by atoms with E-state index in [4.69, 9.17) is 10.7 Å². The second kappa shape index (κ2) is 12.4. The molecule has 2 amide bonds. The Bertz CT molecular complexity index is 1390. The lowest BCUT2D eigenvalue weighted by molar-refractivity contribution is 0.0931. The molecule has 2 aliphatic rings. The highest BCUT2D eigenvalue weighted by molar-refractivity contribution is 5.96. The summed E-state index contributed by atoms with van der Waals surface area (Å²) < 4.78 is 0. The molecule has 0 bridgehead atoms. The second-order valence-corrected chi connectivity index (χ2v) is 12.3. The van der Waals surface area contributed by atoms with Crippen molar-refractivity contribution in [2.45, 2.75) is 45.1 Å². The quantitative estimate of drug-likeness (QED) is 0.393. The number of carbonyl (C=O) groups excluding carboxylic acids is 2. The van der Waals surface area contributed by atoms with Gasteiger partial charge < -0.3 is 31.1 Å². The zero-order chi connectivity index (χ0) is 29.9. The Morgan fingerprint density at radius 1 is 0.929 bits per heavy atom. The summed E-state index contributed by atoms with van der Waals surface area (Å²) in [5, 5.41) is 6.44. The minimum absolute atomic E-state index is 0.0335. The van der Waals surface area contributed by atoms with E-state index in [1.807, 2.05) is 36.4 Å². The first-order valence-electron chi connectivity index (χ1n) is 14.7. The lowest BCUT2D eigenvalue weighted by Crippen LogP contribution is -2.48. The predicted octanol–water partition coefficient (Wildman–Crippen LogP) is 3.77. The van der Waals surface area contributed by atoms with Crippen LogP contribution in [0.5, 0.6) is 0 Å². The van der Waals surface area contributed by atoms with Crippen LogP contribution in [-0.4, -0.2) is 79.0 Å². The van der Waals surface area contributed by atoms with Crippen LogP contribution in [0.4, 0.5) is 23.0 Å². The van der Waals surface area contributed by atoms with E-state index in [0.29, 0.717) is 23.7 Å². The van der Waals surface area contributed by atoms with Gasteiger partial charge in [-0.05, 0) is 67.3 Å². The van der Waals surface area contributed by atoms with Gasteiger partial charge in [0.1, 0.15) is 5.82 Å². The van der Waals surface area contributed by atoms with Gasteiger partial charge in [-0.1, -0.05) is 32.9 Å². The van der Waals surface area contributed by atoms with Crippen LogP contribution in [0.15, 0.2) is 54.7 Å². The van der Waals surface area contributed by atoms with E-state index in [1.54, 1.807) is 6.20 Å². The molecule has 1 aromatic heterocycles. The van der Waals surface area contributed by atoms with Gasteiger partial charge in [0.25, 0.3) is 11.8 Å². The minimum atomic E-state index is -0.646. The Morgan fingerprint density at radius 2 is 1.62 bits per heavy atom. The molecule has 2 saturated heterocycles. The largest absolute Gasteiger partial charge is 0.369 e. The summed E-state index contributed by atoms with van der Waals surface area (Å²) >= 11 is 0. The van der Waals surface area contributed by atoms with Crippen LogP contribution in [0.25, 0.3) is 0 Å². The molecule has 4 N–H and O–H groups in total. The standard InChI is InChI=1S/C32H42N8O2/c1-32(2,3)23-9-7-22(8-10-23)31(42)36-25-6-5-15-40(21-25)27-20-34-28(29(33)41)30(37-27)35-24-11-13-26(14-12-24)39-18-16-38(4)17-19-39/h7-14,20,25H,5-6,15-19,21H2,1-4H3,(H2,33,41)(H,35,37)(H,36,42)/t25-/m1/s1. The summed E-state index contributed by atoms with van der Waals surface area (Å²) in [7, 11) is 2.14. The summed E-state index contributed by atoms with van der Waals surface area (Å²) in [6, 6.07) is 15.9. The van der Waals surface area contributed by atoms with E-state index in [0.717, 1.165) is 56.9 Å². The zero-order valence-electron chi connectivity index (χ0n) is 25.1. The fourth-order valence-corrected chi connectivity index (χ4v) is 5.45. The number of hydrogen-bond acceptors (Lipinski definition) is 8. The Balaban J connectivity index is 1.26. The molecule has 2 aliphatic heterocycles. The smallest absolute Gasteiger partial charge is 0.271 e. The number of carbonyl (C=O) groups is 2. The highest BCUT2D eigenvalue weighted by Gasteiger charge is 2.25. The molecule has 42 heavy (non-hydrogen) atoms. The first-order valence-corrected chi connectivity index (χ1v) is 14.7. The van der Waals surface area contributed by atoms with Gasteiger partial charge in [0.15, 0.2) is 11.5 Å². The van der Waals surface area contributed by atoms with E-state index in [1.165, 1.54) is 5.56 Å². The van der Waals surface area contributed by atoms with Crippen molar-refractivity contribution in [3.63, 3.8) is 0 Å². The molecule has 0 saturated carbocycles. The molecule has 5 rings (SSSR count). The highest BCUT2D eigenvalue weighted by atomic mass is 16.2. The van der Waals surface area contributed by atoms with Gasteiger partial charge in [0.05, 0.1) is 6.20 Å². The number of primary amides is 1. The highest BCUT2D eigenvalue weighted by Crippen LogP contribution is 2.26. The number of rotatable bonds is 7. The van der Waals surface area contributed by atoms with E-state index in [2.05, 4.69) is 70.3 Å². The maximum absolute atomic E-state index is 13.0. The van der Waals surface area contributed by atoms with Gasteiger partial charge in [0, 0.05) is 62.2 Å². The molecule has 0 radical (unpaired) electrons. The summed E-state index contributed by atoms with van der Waals surface area (Å²) in [4.78, 5) is 41.1. The monoisotopic (exact) mass is 570 g/mol. The fraction of sp³-hybridized carbons (Fsp3) is 0.438. The Hall–Kier alpha value is -4.18. The van der Waals surface area contributed by atoms with Gasteiger partial charge in [-0.3, -0.25) is 9.59 Å². The lowest BCUT2D eigenvalue weighted by Gasteiger charge is -2.34. The van der Waals surface area contributed by atoms with Crippen LogP contribution < -0.4 is 26.2 Å². The fourth-order valence-electron chi connectivity index (χ4n) is 5.45. The van der Waals surface area contributed by atoms with Crippen LogP contribution in [0, 0.1) is 0 Å². The molecule has 10 heteroatoms. The number of piperidine rings is 1. The van der Waals surface area contributed by atoms with Crippen LogP contribution in [0.1, 0.15) is 60.0 Å². The molecule has 1 atom stereocenters. The van der Waals surface area contributed by atoms with Crippen LogP contribution >= 0.6 is 0 Å². The van der Waals surface area contributed by atoms with Crippen LogP contribution in [-0.2, 0) is 5.41 Å². The first kappa shape index (κ1) is 29.3. The average Bonchev–Trinajstić information content (AvgIpc) is 2.97. The number of amides is 2. The normalized spacial score (nSPS) is 18.0. The van der Waals surface area contributed by atoms with Crippen molar-refractivity contribution in [3.8, 4) is 0 Å². The SMILES string of the molecule is CN1CCN(c2ccc(Nc3nc(N4CCC[C@@H](NC(=O)c5ccc(C(C)(C)C)cc5)C4)cnc3C(N)=O)cc2)CC1. The third-order valence-corrected chi connectivity index (χ3v) is 8.09.